The van der Waals surface area contributed by atoms with Crippen molar-refractivity contribution in [3.63, 3.8) is 0 Å². The van der Waals surface area contributed by atoms with Crippen LogP contribution < -0.4 is 4.74 Å². The summed E-state index contributed by atoms with van der Waals surface area (Å²) < 4.78 is 18.4. The number of aromatic carboxylic acids is 1. The van der Waals surface area contributed by atoms with Crippen LogP contribution in [0.1, 0.15) is 15.9 Å². The van der Waals surface area contributed by atoms with E-state index in [4.69, 9.17) is 9.84 Å². The van der Waals surface area contributed by atoms with Gasteiger partial charge in [-0.25, -0.2) is 4.79 Å². The molecule has 0 amide bonds. The maximum atomic E-state index is 12.5. The van der Waals surface area contributed by atoms with E-state index in [1.54, 1.807) is 37.4 Å². The van der Waals surface area contributed by atoms with Crippen LogP contribution in [0.15, 0.2) is 51.8 Å². The van der Waals surface area contributed by atoms with E-state index >= 15 is 0 Å². The Morgan fingerprint density at radius 2 is 2.00 bits per heavy atom. The van der Waals surface area contributed by atoms with Crippen LogP contribution in [0.3, 0.4) is 0 Å². The van der Waals surface area contributed by atoms with Crippen molar-refractivity contribution >= 4 is 32.7 Å². The first kappa shape index (κ1) is 15.7. The van der Waals surface area contributed by atoms with Crippen LogP contribution in [0.2, 0.25) is 0 Å². The maximum absolute atomic E-state index is 12.5. The van der Waals surface area contributed by atoms with Crippen LogP contribution in [0.5, 0.6) is 5.75 Å². The molecule has 2 aromatic carbocycles. The van der Waals surface area contributed by atoms with Crippen molar-refractivity contribution in [2.45, 2.75) is 10.6 Å². The van der Waals surface area contributed by atoms with E-state index in [9.17, 15) is 9.00 Å². The quantitative estimate of drug-likeness (QED) is 0.877. The van der Waals surface area contributed by atoms with Crippen molar-refractivity contribution in [1.82, 2.24) is 0 Å². The largest absolute Gasteiger partial charge is 0.497 e. The van der Waals surface area contributed by atoms with E-state index in [0.717, 1.165) is 10.0 Å². The minimum absolute atomic E-state index is 0.0647. The third-order valence-electron chi connectivity index (χ3n) is 2.90. The lowest BCUT2D eigenvalue weighted by molar-refractivity contribution is 0.0693. The molecule has 1 unspecified atom stereocenters. The zero-order valence-electron chi connectivity index (χ0n) is 11.2. The summed E-state index contributed by atoms with van der Waals surface area (Å²) >= 11 is 3.40. The summed E-state index contributed by atoms with van der Waals surface area (Å²) in [5.41, 5.74) is 0.864. The van der Waals surface area contributed by atoms with Crippen molar-refractivity contribution in [3.8, 4) is 5.75 Å². The molecule has 0 aliphatic rings. The summed E-state index contributed by atoms with van der Waals surface area (Å²) in [5, 5.41) is 9.15. The fourth-order valence-electron chi connectivity index (χ4n) is 1.85. The van der Waals surface area contributed by atoms with Crippen molar-refractivity contribution in [2.24, 2.45) is 0 Å². The number of hydrogen-bond acceptors (Lipinski definition) is 3. The Kier molecular flexibility index (Phi) is 5.14. The fraction of sp³-hybridized carbons (Fsp3) is 0.133. The Labute approximate surface area is 133 Å². The summed E-state index contributed by atoms with van der Waals surface area (Å²) in [7, 11) is 0.106. The zero-order valence-corrected chi connectivity index (χ0v) is 13.6. The SMILES string of the molecule is COc1ccc(Br)c(CS(=O)c2ccccc2C(=O)O)c1. The fourth-order valence-corrected chi connectivity index (χ4v) is 3.73. The average Bonchev–Trinajstić information content (AvgIpc) is 2.49. The molecule has 0 radical (unpaired) electrons. The van der Waals surface area contributed by atoms with Gasteiger partial charge in [-0.1, -0.05) is 28.1 Å². The van der Waals surface area contributed by atoms with E-state index < -0.39 is 16.8 Å². The van der Waals surface area contributed by atoms with E-state index in [1.165, 1.54) is 6.07 Å². The van der Waals surface area contributed by atoms with Crippen LogP contribution in [0.25, 0.3) is 0 Å². The van der Waals surface area contributed by atoms with Crippen LogP contribution in [-0.4, -0.2) is 22.4 Å². The lowest BCUT2D eigenvalue weighted by Crippen LogP contribution is -2.06. The number of rotatable bonds is 5. The Balaban J connectivity index is 2.33. The molecule has 0 aliphatic carbocycles. The van der Waals surface area contributed by atoms with Crippen molar-refractivity contribution in [2.75, 3.05) is 7.11 Å². The van der Waals surface area contributed by atoms with Crippen LogP contribution in [-0.2, 0) is 16.6 Å². The van der Waals surface area contributed by atoms with Gasteiger partial charge in [-0.2, -0.15) is 0 Å². The first-order chi connectivity index (χ1) is 10.0. The van der Waals surface area contributed by atoms with Gasteiger partial charge in [0, 0.05) is 4.47 Å². The van der Waals surface area contributed by atoms with Gasteiger partial charge >= 0.3 is 5.97 Å². The number of halogens is 1. The minimum atomic E-state index is -1.45. The summed E-state index contributed by atoms with van der Waals surface area (Å²) in [6.45, 7) is 0. The molecule has 1 N–H and O–H groups in total. The highest BCUT2D eigenvalue weighted by Gasteiger charge is 2.16. The highest BCUT2D eigenvalue weighted by molar-refractivity contribution is 9.10. The van der Waals surface area contributed by atoms with E-state index in [0.29, 0.717) is 10.6 Å². The number of ether oxygens (including phenoxy) is 1. The molecular weight excluding hydrogens is 356 g/mol. The summed E-state index contributed by atoms with van der Waals surface area (Å²) in [6, 6.07) is 11.7. The number of hydrogen-bond donors (Lipinski definition) is 1. The minimum Gasteiger partial charge on any atom is -0.497 e. The van der Waals surface area contributed by atoms with Crippen molar-refractivity contribution in [3.05, 3.63) is 58.1 Å². The highest BCUT2D eigenvalue weighted by Crippen LogP contribution is 2.26. The van der Waals surface area contributed by atoms with Gasteiger partial charge in [-0.3, -0.25) is 4.21 Å². The van der Waals surface area contributed by atoms with Crippen LogP contribution >= 0.6 is 15.9 Å². The molecule has 110 valence electrons. The van der Waals surface area contributed by atoms with E-state index in [1.807, 2.05) is 6.07 Å². The van der Waals surface area contributed by atoms with Gasteiger partial charge in [-0.15, -0.1) is 0 Å². The van der Waals surface area contributed by atoms with Crippen molar-refractivity contribution < 1.29 is 18.8 Å². The number of benzene rings is 2. The number of carbonyl (C=O) groups is 1. The van der Waals surface area contributed by atoms with Gasteiger partial charge in [0.25, 0.3) is 0 Å². The third-order valence-corrected chi connectivity index (χ3v) is 5.10. The highest BCUT2D eigenvalue weighted by atomic mass is 79.9. The molecule has 1 atom stereocenters. The normalized spacial score (nSPS) is 11.9. The predicted octanol–water partition coefficient (Wildman–Crippen LogP) is 3.46. The third kappa shape index (κ3) is 3.71. The Bertz CT molecular complexity index is 700. The first-order valence-corrected chi connectivity index (χ1v) is 8.17. The lowest BCUT2D eigenvalue weighted by Gasteiger charge is -2.09. The molecule has 0 heterocycles. The maximum Gasteiger partial charge on any atom is 0.336 e. The Morgan fingerprint density at radius 3 is 2.67 bits per heavy atom. The Hall–Kier alpha value is -1.66. The molecule has 0 aliphatic heterocycles. The molecule has 21 heavy (non-hydrogen) atoms. The smallest absolute Gasteiger partial charge is 0.336 e. The van der Waals surface area contributed by atoms with E-state index in [-0.39, 0.29) is 11.3 Å². The number of carboxylic acid groups (broad SMARTS) is 1. The van der Waals surface area contributed by atoms with Crippen LogP contribution in [0, 0.1) is 0 Å². The summed E-state index contributed by atoms with van der Waals surface area (Å²) in [4.78, 5) is 11.5. The summed E-state index contributed by atoms with van der Waals surface area (Å²) in [5.74, 6) is -0.206. The van der Waals surface area contributed by atoms with Crippen LogP contribution in [0.4, 0.5) is 0 Å². The second-order valence-corrected chi connectivity index (χ2v) is 6.52. The molecule has 0 bridgehead atoms. The molecule has 0 spiro atoms. The standard InChI is InChI=1S/C15H13BrO4S/c1-20-11-6-7-13(16)10(8-11)9-21(19)14-5-3-2-4-12(14)15(17)18/h2-8H,9H2,1H3,(H,17,18). The average molecular weight is 369 g/mol. The lowest BCUT2D eigenvalue weighted by atomic mass is 10.2. The van der Waals surface area contributed by atoms with Crippen molar-refractivity contribution in [1.29, 1.82) is 0 Å². The zero-order chi connectivity index (χ0) is 15.4. The topological polar surface area (TPSA) is 63.6 Å². The van der Waals surface area contributed by atoms with Gasteiger partial charge in [-0.05, 0) is 35.9 Å². The molecular formula is C15H13BrO4S. The molecule has 6 heteroatoms. The second kappa shape index (κ2) is 6.87. The monoisotopic (exact) mass is 368 g/mol. The number of carboxylic acids is 1. The molecule has 2 aromatic rings. The van der Waals surface area contributed by atoms with Gasteiger partial charge in [0.05, 0.1) is 34.1 Å². The van der Waals surface area contributed by atoms with E-state index in [2.05, 4.69) is 15.9 Å². The molecule has 4 nitrogen and oxygen atoms in total. The molecule has 0 saturated carbocycles. The molecule has 0 fully saturated rings. The molecule has 0 aromatic heterocycles. The molecule has 2 rings (SSSR count). The predicted molar refractivity (Wildman–Crippen MR) is 84.2 cm³/mol. The Morgan fingerprint density at radius 1 is 1.29 bits per heavy atom. The van der Waals surface area contributed by atoms with Gasteiger partial charge < -0.3 is 9.84 Å². The number of methoxy groups -OCH3 is 1. The van der Waals surface area contributed by atoms with Gasteiger partial charge in [0.1, 0.15) is 5.75 Å². The molecule has 0 saturated heterocycles. The summed E-state index contributed by atoms with van der Waals surface area (Å²) in [6.07, 6.45) is 0. The van der Waals surface area contributed by atoms with Gasteiger partial charge in [0.2, 0.25) is 0 Å². The first-order valence-electron chi connectivity index (χ1n) is 6.06. The second-order valence-electron chi connectivity index (χ2n) is 4.25. The van der Waals surface area contributed by atoms with Gasteiger partial charge in [0.15, 0.2) is 0 Å².